The Morgan fingerprint density at radius 1 is 1.02 bits per heavy atom. The number of halogens is 2. The van der Waals surface area contributed by atoms with Crippen molar-refractivity contribution in [3.05, 3.63) is 103 Å². The summed E-state index contributed by atoms with van der Waals surface area (Å²) in [6.45, 7) is 2.12. The second-order valence-electron chi connectivity index (χ2n) is 10.8. The molecule has 1 saturated heterocycles. The number of rotatable bonds is 10. The largest absolute Gasteiger partial charge is 0.324 e. The molecule has 1 N–H and O–H groups in total. The predicted octanol–water partition coefficient (Wildman–Crippen LogP) is 6.30. The Morgan fingerprint density at radius 3 is 2.60 bits per heavy atom. The lowest BCUT2D eigenvalue weighted by Crippen LogP contribution is -2.34. The zero-order chi connectivity index (χ0) is 29.6. The van der Waals surface area contributed by atoms with Gasteiger partial charge < -0.3 is 5.32 Å². The van der Waals surface area contributed by atoms with E-state index in [-0.39, 0.29) is 6.04 Å². The average Bonchev–Trinajstić information content (AvgIpc) is 3.74. The maximum absolute atomic E-state index is 14.1. The number of nitriles is 1. The molecule has 0 spiro atoms. The number of aromatic nitrogens is 6. The first kappa shape index (κ1) is 28.2. The highest BCUT2D eigenvalue weighted by Gasteiger charge is 2.25. The molecule has 6 rings (SSSR count). The molecule has 0 aliphatic carbocycles. The normalized spacial score (nSPS) is 14.8. The zero-order valence-electron chi connectivity index (χ0n) is 23.5. The van der Waals surface area contributed by atoms with Gasteiger partial charge in [0, 0.05) is 54.2 Å². The van der Waals surface area contributed by atoms with Crippen LogP contribution in [0.15, 0.2) is 85.6 Å². The van der Waals surface area contributed by atoms with E-state index in [1.54, 1.807) is 23.3 Å². The van der Waals surface area contributed by atoms with Crippen LogP contribution in [-0.2, 0) is 6.54 Å². The van der Waals surface area contributed by atoms with Crippen molar-refractivity contribution in [2.24, 2.45) is 5.92 Å². The van der Waals surface area contributed by atoms with Crippen LogP contribution in [0.3, 0.4) is 0 Å². The topological polar surface area (TPSA) is 100 Å². The average molecular weight is 580 g/mol. The predicted molar refractivity (Wildman–Crippen MR) is 158 cm³/mol. The van der Waals surface area contributed by atoms with Crippen LogP contribution in [0, 0.1) is 28.9 Å². The molecule has 0 amide bonds. The number of hydrogen-bond acceptors (Lipinski definition) is 7. The molecule has 11 heteroatoms. The third-order valence-corrected chi connectivity index (χ3v) is 7.87. The van der Waals surface area contributed by atoms with Crippen molar-refractivity contribution in [2.45, 2.75) is 38.3 Å². The number of anilines is 2. The minimum absolute atomic E-state index is 0.0578. The van der Waals surface area contributed by atoms with Crippen LogP contribution < -0.4 is 5.32 Å². The molecule has 1 aliphatic heterocycles. The lowest BCUT2D eigenvalue weighted by Gasteiger charge is -2.33. The van der Waals surface area contributed by atoms with E-state index >= 15 is 0 Å². The highest BCUT2D eigenvalue weighted by atomic mass is 19.1. The highest BCUT2D eigenvalue weighted by molar-refractivity contribution is 5.61. The summed E-state index contributed by atoms with van der Waals surface area (Å²) in [5.74, 6) is -0.166. The van der Waals surface area contributed by atoms with Gasteiger partial charge in [-0.25, -0.2) is 23.4 Å². The Bertz CT molecular complexity index is 1680. The molecule has 9 nitrogen and oxygen atoms in total. The van der Waals surface area contributed by atoms with Gasteiger partial charge >= 0.3 is 0 Å². The van der Waals surface area contributed by atoms with Crippen LogP contribution in [0.4, 0.5) is 20.4 Å². The van der Waals surface area contributed by atoms with Gasteiger partial charge in [-0.3, -0.25) is 9.58 Å². The molecule has 0 saturated carbocycles. The number of piperidine rings is 1. The van der Waals surface area contributed by atoms with Gasteiger partial charge in [0.05, 0.1) is 36.1 Å². The molecule has 1 unspecified atom stereocenters. The monoisotopic (exact) mass is 579 g/mol. The van der Waals surface area contributed by atoms with E-state index in [0.29, 0.717) is 30.4 Å². The Labute approximate surface area is 248 Å². The van der Waals surface area contributed by atoms with E-state index in [2.05, 4.69) is 36.5 Å². The molecule has 2 aromatic carbocycles. The molecule has 43 heavy (non-hydrogen) atoms. The molecule has 4 heterocycles. The number of benzene rings is 2. The Balaban J connectivity index is 1.07. The third kappa shape index (κ3) is 6.93. The van der Waals surface area contributed by atoms with Crippen molar-refractivity contribution in [2.75, 3.05) is 18.4 Å². The quantitative estimate of drug-likeness (QED) is 0.207. The second kappa shape index (κ2) is 12.9. The molecule has 1 aliphatic rings. The third-order valence-electron chi connectivity index (χ3n) is 7.87. The van der Waals surface area contributed by atoms with Gasteiger partial charge in [0.1, 0.15) is 11.6 Å². The van der Waals surface area contributed by atoms with Crippen LogP contribution in [0.1, 0.15) is 37.3 Å². The molecule has 0 bridgehead atoms. The SMILES string of the molecule is N#CCC(CC1CCN(Cc2ccc(F)cc2F)CC1)n1cc(-c2ccnc(Nc3ccc(-n4cccn4)cc3)n2)cn1. The van der Waals surface area contributed by atoms with Crippen molar-refractivity contribution < 1.29 is 8.78 Å². The lowest BCUT2D eigenvalue weighted by molar-refractivity contribution is 0.158. The Hall–Kier alpha value is -4.95. The van der Waals surface area contributed by atoms with E-state index < -0.39 is 11.6 Å². The summed E-state index contributed by atoms with van der Waals surface area (Å²) in [4.78, 5) is 11.3. The van der Waals surface area contributed by atoms with Crippen LogP contribution in [0.5, 0.6) is 0 Å². The molecular formula is C32H31F2N9. The summed E-state index contributed by atoms with van der Waals surface area (Å²) in [7, 11) is 0. The highest BCUT2D eigenvalue weighted by Crippen LogP contribution is 2.30. The summed E-state index contributed by atoms with van der Waals surface area (Å²) in [5.41, 5.74) is 3.90. The number of likely N-dealkylation sites (tertiary alicyclic amines) is 1. The fourth-order valence-corrected chi connectivity index (χ4v) is 5.54. The van der Waals surface area contributed by atoms with Gasteiger partial charge in [-0.1, -0.05) is 6.07 Å². The summed E-state index contributed by atoms with van der Waals surface area (Å²) >= 11 is 0. The number of nitrogens with zero attached hydrogens (tertiary/aromatic N) is 8. The molecule has 1 atom stereocenters. The summed E-state index contributed by atoms with van der Waals surface area (Å²) in [6.07, 6.45) is 12.1. The summed E-state index contributed by atoms with van der Waals surface area (Å²) < 4.78 is 31.0. The van der Waals surface area contributed by atoms with Gasteiger partial charge in [0.15, 0.2) is 0 Å². The van der Waals surface area contributed by atoms with E-state index in [0.717, 1.165) is 61.1 Å². The van der Waals surface area contributed by atoms with E-state index in [1.807, 2.05) is 53.5 Å². The van der Waals surface area contributed by atoms with Crippen LogP contribution in [0.2, 0.25) is 0 Å². The minimum Gasteiger partial charge on any atom is -0.324 e. The first-order valence-corrected chi connectivity index (χ1v) is 14.3. The standard InChI is InChI=1S/C32H31F2N9/c33-26-3-2-24(30(34)19-26)21-41-16-10-23(11-17-41)18-29(8-12-35)43-22-25(20-38-43)31-9-14-36-32(40-31)39-27-4-6-28(7-5-27)42-15-1-13-37-42/h1-7,9,13-15,19-20,22-23,29H,8,10-11,16-18,21H2,(H,36,39,40). The van der Waals surface area contributed by atoms with Gasteiger partial charge in [-0.05, 0) is 80.7 Å². The van der Waals surface area contributed by atoms with E-state index in [9.17, 15) is 14.0 Å². The van der Waals surface area contributed by atoms with Crippen LogP contribution >= 0.6 is 0 Å². The van der Waals surface area contributed by atoms with Crippen LogP contribution in [0.25, 0.3) is 16.9 Å². The number of hydrogen-bond donors (Lipinski definition) is 1. The fourth-order valence-electron chi connectivity index (χ4n) is 5.54. The fraction of sp³-hybridized carbons (Fsp3) is 0.281. The maximum atomic E-state index is 14.1. The van der Waals surface area contributed by atoms with Crippen molar-refractivity contribution in [3.63, 3.8) is 0 Å². The molecule has 1 fully saturated rings. The molecule has 218 valence electrons. The first-order chi connectivity index (χ1) is 21.0. The molecule has 0 radical (unpaired) electrons. The van der Waals surface area contributed by atoms with Crippen LogP contribution in [-0.4, -0.2) is 47.5 Å². The zero-order valence-corrected chi connectivity index (χ0v) is 23.5. The first-order valence-electron chi connectivity index (χ1n) is 14.3. The van der Waals surface area contributed by atoms with Gasteiger partial charge in [-0.15, -0.1) is 0 Å². The van der Waals surface area contributed by atoms with Crippen molar-refractivity contribution in [3.8, 4) is 23.0 Å². The van der Waals surface area contributed by atoms with Gasteiger partial charge in [0.25, 0.3) is 0 Å². The Morgan fingerprint density at radius 2 is 1.86 bits per heavy atom. The Kier molecular flexibility index (Phi) is 8.47. The molecular weight excluding hydrogens is 548 g/mol. The van der Waals surface area contributed by atoms with E-state index in [1.165, 1.54) is 12.1 Å². The van der Waals surface area contributed by atoms with Crippen molar-refractivity contribution >= 4 is 11.6 Å². The number of nitrogens with one attached hydrogen (secondary N) is 1. The van der Waals surface area contributed by atoms with E-state index in [4.69, 9.17) is 0 Å². The maximum Gasteiger partial charge on any atom is 0.227 e. The van der Waals surface area contributed by atoms with Crippen molar-refractivity contribution in [1.29, 1.82) is 5.26 Å². The minimum atomic E-state index is -0.560. The summed E-state index contributed by atoms with van der Waals surface area (Å²) in [6, 6.07) is 17.6. The van der Waals surface area contributed by atoms with Crippen molar-refractivity contribution in [1.82, 2.24) is 34.4 Å². The smallest absolute Gasteiger partial charge is 0.227 e. The molecule has 5 aromatic rings. The molecule has 3 aromatic heterocycles. The lowest BCUT2D eigenvalue weighted by atomic mass is 9.89. The van der Waals surface area contributed by atoms with Gasteiger partial charge in [0.2, 0.25) is 5.95 Å². The second-order valence-corrected chi connectivity index (χ2v) is 10.8. The van der Waals surface area contributed by atoms with Gasteiger partial charge in [-0.2, -0.15) is 15.5 Å². The summed E-state index contributed by atoms with van der Waals surface area (Å²) in [5, 5.41) is 21.7.